The van der Waals surface area contributed by atoms with Crippen LogP contribution in [0, 0.1) is 0 Å². The number of esters is 1. The number of halogens is 4. The van der Waals surface area contributed by atoms with Crippen molar-refractivity contribution in [2.45, 2.75) is 31.0 Å². The Morgan fingerprint density at radius 1 is 1.07 bits per heavy atom. The Hall–Kier alpha value is -4.95. The van der Waals surface area contributed by atoms with Gasteiger partial charge in [-0.1, -0.05) is 60.1 Å². The number of carbonyl (C=O) groups is 4. The lowest BCUT2D eigenvalue weighted by molar-refractivity contribution is -0.155. The Balaban J connectivity index is 1.42. The molecule has 234 valence electrons. The molecule has 0 radical (unpaired) electrons. The Labute approximate surface area is 258 Å². The van der Waals surface area contributed by atoms with Gasteiger partial charge in [0.2, 0.25) is 12.2 Å². The van der Waals surface area contributed by atoms with Gasteiger partial charge in [-0.15, -0.1) is 0 Å². The highest BCUT2D eigenvalue weighted by Gasteiger charge is 2.38. The molecule has 5 rings (SSSR count). The number of benzene rings is 3. The van der Waals surface area contributed by atoms with Crippen LogP contribution in [0.1, 0.15) is 23.1 Å². The molecule has 15 heteroatoms. The predicted octanol–water partition coefficient (Wildman–Crippen LogP) is 3.91. The van der Waals surface area contributed by atoms with Gasteiger partial charge in [0.1, 0.15) is 19.2 Å². The summed E-state index contributed by atoms with van der Waals surface area (Å²) in [5, 5.41) is 14.2. The minimum Gasteiger partial charge on any atom is -0.446 e. The number of anilines is 2. The van der Waals surface area contributed by atoms with Crippen LogP contribution in [0.25, 0.3) is 0 Å². The highest BCUT2D eigenvalue weighted by molar-refractivity contribution is 6.30. The minimum atomic E-state index is -4.83. The van der Waals surface area contributed by atoms with Gasteiger partial charge in [0.15, 0.2) is 6.04 Å². The zero-order chi connectivity index (χ0) is 32.3. The second-order valence-corrected chi connectivity index (χ2v) is 10.4. The van der Waals surface area contributed by atoms with E-state index < -0.39 is 72.8 Å². The van der Waals surface area contributed by atoms with Crippen LogP contribution in [0.4, 0.5) is 29.3 Å². The first kappa shape index (κ1) is 31.5. The van der Waals surface area contributed by atoms with Crippen molar-refractivity contribution in [2.75, 3.05) is 23.4 Å². The zero-order valence-electron chi connectivity index (χ0n) is 23.1. The van der Waals surface area contributed by atoms with Crippen molar-refractivity contribution < 1.29 is 46.9 Å². The summed E-state index contributed by atoms with van der Waals surface area (Å²) in [6.45, 7) is -1.28. The van der Waals surface area contributed by atoms with Gasteiger partial charge in [-0.2, -0.15) is 13.2 Å². The summed E-state index contributed by atoms with van der Waals surface area (Å²) >= 11 is 5.70. The van der Waals surface area contributed by atoms with Crippen molar-refractivity contribution >= 4 is 52.6 Å². The Morgan fingerprint density at radius 3 is 2.47 bits per heavy atom. The van der Waals surface area contributed by atoms with Crippen LogP contribution in [0.3, 0.4) is 0 Å². The van der Waals surface area contributed by atoms with Crippen molar-refractivity contribution in [2.24, 2.45) is 4.99 Å². The van der Waals surface area contributed by atoms with Crippen molar-refractivity contribution in [3.05, 3.63) is 94.5 Å². The summed E-state index contributed by atoms with van der Waals surface area (Å²) in [6.07, 6.45) is -7.95. The second-order valence-electron chi connectivity index (χ2n) is 9.97. The van der Waals surface area contributed by atoms with E-state index in [9.17, 15) is 37.5 Å². The van der Waals surface area contributed by atoms with Crippen LogP contribution >= 0.6 is 11.6 Å². The first-order valence-electron chi connectivity index (χ1n) is 13.4. The smallest absolute Gasteiger partial charge is 0.418 e. The van der Waals surface area contributed by atoms with Crippen molar-refractivity contribution in [1.82, 2.24) is 5.32 Å². The van der Waals surface area contributed by atoms with Gasteiger partial charge in [0, 0.05) is 16.1 Å². The maximum absolute atomic E-state index is 13.9. The number of carbonyl (C=O) groups excluding carboxylic acids is 4. The van der Waals surface area contributed by atoms with E-state index in [1.165, 1.54) is 0 Å². The van der Waals surface area contributed by atoms with E-state index in [1.807, 2.05) is 5.32 Å². The standard InChI is InChI=1S/C30H24ClF3N4O7/c31-17-10-11-20(19(12-17)30(32,33)34)37-29(43)44-15-22-27(41)38(14-24(39)35-21-13-25(40)45-28(21)42)23-9-5-4-8-18(23)26(36-22)16-6-2-1-3-7-16/h1-12,21-22,28,42H,13-15H2,(H,35,39)(H,37,43)/t21-,22-,28?/m0/s1. The van der Waals surface area contributed by atoms with E-state index in [-0.39, 0.29) is 11.4 Å². The third-order valence-corrected chi connectivity index (χ3v) is 7.10. The molecule has 2 aliphatic heterocycles. The number of rotatable bonds is 7. The predicted molar refractivity (Wildman–Crippen MR) is 155 cm³/mol. The van der Waals surface area contributed by atoms with E-state index in [1.54, 1.807) is 54.6 Å². The fourth-order valence-corrected chi connectivity index (χ4v) is 4.98. The monoisotopic (exact) mass is 644 g/mol. The van der Waals surface area contributed by atoms with E-state index in [2.05, 4.69) is 15.0 Å². The van der Waals surface area contributed by atoms with Gasteiger partial charge in [0.25, 0.3) is 5.91 Å². The SMILES string of the molecule is O=C(CN1C(=O)[C@H](COC(=O)Nc2ccc(Cl)cc2C(F)(F)F)N=C(c2ccccc2)c2ccccc21)N[C@H]1CC(=O)OC1O. The van der Waals surface area contributed by atoms with Crippen LogP contribution in [-0.4, -0.2) is 66.2 Å². The lowest BCUT2D eigenvalue weighted by Crippen LogP contribution is -2.49. The molecule has 3 N–H and O–H groups in total. The van der Waals surface area contributed by atoms with Crippen LogP contribution in [-0.2, 0) is 30.0 Å². The number of amides is 3. The molecular formula is C30H24ClF3N4O7. The van der Waals surface area contributed by atoms with Gasteiger partial charge in [0.05, 0.1) is 29.1 Å². The van der Waals surface area contributed by atoms with E-state index in [0.29, 0.717) is 28.6 Å². The number of nitrogens with one attached hydrogen (secondary N) is 2. The molecule has 0 aromatic heterocycles. The Morgan fingerprint density at radius 2 is 1.78 bits per heavy atom. The number of fused-ring (bicyclic) bond motifs is 1. The number of ether oxygens (including phenoxy) is 2. The zero-order valence-corrected chi connectivity index (χ0v) is 23.8. The minimum absolute atomic E-state index is 0.196. The summed E-state index contributed by atoms with van der Waals surface area (Å²) in [6, 6.07) is 15.7. The maximum atomic E-state index is 13.9. The summed E-state index contributed by atoms with van der Waals surface area (Å²) in [7, 11) is 0. The molecule has 2 aliphatic rings. The quantitative estimate of drug-likeness (QED) is 0.331. The fraction of sp³-hybridized carbons (Fsp3) is 0.233. The average Bonchev–Trinajstić information content (AvgIpc) is 3.26. The third-order valence-electron chi connectivity index (χ3n) is 6.86. The molecule has 1 unspecified atom stereocenters. The molecule has 0 saturated carbocycles. The molecule has 0 spiro atoms. The molecule has 1 saturated heterocycles. The summed E-state index contributed by atoms with van der Waals surface area (Å²) in [5.74, 6) is -2.21. The number of benzodiazepines with no additional fused rings is 1. The topological polar surface area (TPSA) is 147 Å². The summed E-state index contributed by atoms with van der Waals surface area (Å²) in [5.41, 5.74) is -0.124. The van der Waals surface area contributed by atoms with E-state index in [4.69, 9.17) is 16.3 Å². The molecule has 45 heavy (non-hydrogen) atoms. The average molecular weight is 645 g/mol. The number of aliphatic hydroxyl groups excluding tert-OH is 1. The third kappa shape index (κ3) is 7.24. The molecule has 3 aromatic carbocycles. The van der Waals surface area contributed by atoms with Gasteiger partial charge in [-0.3, -0.25) is 24.7 Å². The molecule has 2 heterocycles. The number of nitrogens with zero attached hydrogens (tertiary/aromatic N) is 2. The number of hydrogen-bond acceptors (Lipinski definition) is 8. The number of aliphatic hydroxyl groups is 1. The summed E-state index contributed by atoms with van der Waals surface area (Å²) < 4.78 is 50.4. The molecule has 3 atom stereocenters. The Bertz CT molecular complexity index is 1670. The number of cyclic esters (lactones) is 1. The van der Waals surface area contributed by atoms with E-state index >= 15 is 0 Å². The second kappa shape index (κ2) is 13.0. The van der Waals surface area contributed by atoms with Gasteiger partial charge in [-0.25, -0.2) is 4.79 Å². The molecule has 0 aliphatic carbocycles. The van der Waals surface area contributed by atoms with Crippen molar-refractivity contribution in [3.8, 4) is 0 Å². The van der Waals surface area contributed by atoms with Crippen molar-refractivity contribution in [3.63, 3.8) is 0 Å². The Kier molecular flexibility index (Phi) is 9.06. The number of para-hydroxylation sites is 1. The summed E-state index contributed by atoms with van der Waals surface area (Å²) in [4.78, 5) is 56.8. The van der Waals surface area contributed by atoms with Crippen LogP contribution in [0.2, 0.25) is 5.02 Å². The van der Waals surface area contributed by atoms with Crippen LogP contribution in [0.5, 0.6) is 0 Å². The highest BCUT2D eigenvalue weighted by Crippen LogP contribution is 2.36. The van der Waals surface area contributed by atoms with Crippen LogP contribution in [0.15, 0.2) is 77.8 Å². The normalized spacial score (nSPS) is 19.6. The first-order valence-corrected chi connectivity index (χ1v) is 13.8. The molecule has 3 aromatic rings. The molecule has 11 nitrogen and oxygen atoms in total. The lowest BCUT2D eigenvalue weighted by atomic mass is 10.0. The van der Waals surface area contributed by atoms with Gasteiger partial charge in [-0.05, 0) is 24.3 Å². The first-order chi connectivity index (χ1) is 21.4. The lowest BCUT2D eigenvalue weighted by Gasteiger charge is -2.25. The van der Waals surface area contributed by atoms with Crippen LogP contribution < -0.4 is 15.5 Å². The highest BCUT2D eigenvalue weighted by atomic mass is 35.5. The van der Waals surface area contributed by atoms with E-state index in [0.717, 1.165) is 17.0 Å². The molecular weight excluding hydrogens is 621 g/mol. The van der Waals surface area contributed by atoms with Gasteiger partial charge < -0.3 is 24.8 Å². The number of hydrogen-bond donors (Lipinski definition) is 3. The fourth-order valence-electron chi connectivity index (χ4n) is 4.81. The number of aliphatic imine (C=N–C) groups is 1. The van der Waals surface area contributed by atoms with Crippen molar-refractivity contribution in [1.29, 1.82) is 0 Å². The maximum Gasteiger partial charge on any atom is 0.418 e. The largest absolute Gasteiger partial charge is 0.446 e. The molecule has 3 amide bonds. The molecule has 0 bridgehead atoms. The molecule has 1 fully saturated rings. The van der Waals surface area contributed by atoms with Gasteiger partial charge >= 0.3 is 18.2 Å². The number of alkyl halides is 3.